The van der Waals surface area contributed by atoms with Crippen LogP contribution in [0.3, 0.4) is 0 Å². The number of nitrogens with zero attached hydrogens (tertiary/aromatic N) is 1. The zero-order valence-corrected chi connectivity index (χ0v) is 12.3. The summed E-state index contributed by atoms with van der Waals surface area (Å²) in [7, 11) is 1.61. The van der Waals surface area contributed by atoms with Crippen LogP contribution in [0.25, 0.3) is 0 Å². The van der Waals surface area contributed by atoms with Gasteiger partial charge in [0.1, 0.15) is 11.1 Å². The minimum atomic E-state index is -0.779. The number of methoxy groups -OCH3 is 1. The summed E-state index contributed by atoms with van der Waals surface area (Å²) >= 11 is 0. The molecule has 1 saturated heterocycles. The van der Waals surface area contributed by atoms with Crippen LogP contribution in [0.2, 0.25) is 0 Å². The van der Waals surface area contributed by atoms with E-state index >= 15 is 0 Å². The Morgan fingerprint density at radius 3 is 2.47 bits per heavy atom. The van der Waals surface area contributed by atoms with Gasteiger partial charge < -0.3 is 15.0 Å². The summed E-state index contributed by atoms with van der Waals surface area (Å²) < 4.78 is 5.10. The van der Waals surface area contributed by atoms with E-state index in [4.69, 9.17) is 4.74 Å². The Kier molecular flexibility index (Phi) is 3.60. The quantitative estimate of drug-likeness (QED) is 0.807. The van der Waals surface area contributed by atoms with Crippen LogP contribution in [0.1, 0.15) is 40.0 Å². The summed E-state index contributed by atoms with van der Waals surface area (Å²) in [5.74, 6) is 0.283. The van der Waals surface area contributed by atoms with Crippen molar-refractivity contribution in [2.75, 3.05) is 20.3 Å². The average molecular weight is 268 g/mol. The molecule has 1 N–H and O–H groups in total. The van der Waals surface area contributed by atoms with Gasteiger partial charge in [0.05, 0.1) is 6.61 Å². The van der Waals surface area contributed by atoms with Gasteiger partial charge in [-0.25, -0.2) is 0 Å². The van der Waals surface area contributed by atoms with E-state index in [9.17, 15) is 9.59 Å². The van der Waals surface area contributed by atoms with E-state index in [1.165, 1.54) is 0 Å². The molecular weight excluding hydrogens is 244 g/mol. The molecule has 2 rings (SSSR count). The van der Waals surface area contributed by atoms with Gasteiger partial charge in [-0.15, -0.1) is 0 Å². The molecule has 5 heteroatoms. The molecule has 2 amide bonds. The highest BCUT2D eigenvalue weighted by molar-refractivity contribution is 6.02. The molecule has 1 aliphatic carbocycles. The number of amides is 2. The molecule has 2 atom stereocenters. The topological polar surface area (TPSA) is 58.6 Å². The van der Waals surface area contributed by atoms with Crippen LogP contribution in [0.5, 0.6) is 0 Å². The second-order valence-corrected chi connectivity index (χ2v) is 6.01. The summed E-state index contributed by atoms with van der Waals surface area (Å²) in [6.45, 7) is 6.56. The molecule has 1 heterocycles. The minimum absolute atomic E-state index is 0.0149. The Balaban J connectivity index is 2.33. The maximum atomic E-state index is 12.7. The molecule has 19 heavy (non-hydrogen) atoms. The average Bonchev–Trinajstić information content (AvgIpc) is 3.21. The number of rotatable bonds is 5. The van der Waals surface area contributed by atoms with E-state index in [0.717, 1.165) is 12.8 Å². The highest BCUT2D eigenvalue weighted by Gasteiger charge is 2.59. The van der Waals surface area contributed by atoms with Crippen molar-refractivity contribution in [2.45, 2.75) is 51.1 Å². The van der Waals surface area contributed by atoms with Crippen LogP contribution in [-0.4, -0.2) is 48.1 Å². The lowest BCUT2D eigenvalue weighted by Crippen LogP contribution is -2.75. The van der Waals surface area contributed by atoms with Crippen molar-refractivity contribution in [1.29, 1.82) is 0 Å². The van der Waals surface area contributed by atoms with E-state index in [0.29, 0.717) is 19.6 Å². The number of nitrogens with one attached hydrogen (secondary N) is 1. The summed E-state index contributed by atoms with van der Waals surface area (Å²) in [5.41, 5.74) is -1.48. The van der Waals surface area contributed by atoms with Gasteiger partial charge in [-0.05, 0) is 39.0 Å². The maximum absolute atomic E-state index is 12.7. The Morgan fingerprint density at radius 1 is 1.37 bits per heavy atom. The fraction of sp³-hybridized carbons (Fsp3) is 0.857. The summed E-state index contributed by atoms with van der Waals surface area (Å²) in [4.78, 5) is 27.0. The van der Waals surface area contributed by atoms with Gasteiger partial charge in [-0.1, -0.05) is 6.92 Å². The molecule has 1 aliphatic heterocycles. The van der Waals surface area contributed by atoms with Gasteiger partial charge in [0, 0.05) is 13.7 Å². The smallest absolute Gasteiger partial charge is 0.249 e. The first-order chi connectivity index (χ1) is 8.90. The maximum Gasteiger partial charge on any atom is 0.249 e. The fourth-order valence-corrected chi connectivity index (χ4v) is 2.87. The number of hydrogen-bond donors (Lipinski definition) is 1. The van der Waals surface area contributed by atoms with E-state index < -0.39 is 11.1 Å². The van der Waals surface area contributed by atoms with Crippen LogP contribution >= 0.6 is 0 Å². The molecule has 0 bridgehead atoms. The van der Waals surface area contributed by atoms with Crippen LogP contribution in [0.4, 0.5) is 0 Å². The number of carbonyl (C=O) groups is 2. The Hall–Kier alpha value is -1.10. The van der Waals surface area contributed by atoms with Crippen LogP contribution in [0.15, 0.2) is 0 Å². The van der Waals surface area contributed by atoms with Crippen molar-refractivity contribution in [3.05, 3.63) is 0 Å². The molecule has 0 aromatic carbocycles. The molecule has 0 aromatic rings. The molecule has 1 saturated carbocycles. The molecule has 0 spiro atoms. The van der Waals surface area contributed by atoms with Crippen LogP contribution < -0.4 is 5.32 Å². The largest absolute Gasteiger partial charge is 0.383 e. The first-order valence-corrected chi connectivity index (χ1v) is 7.03. The number of carbonyl (C=O) groups excluding carboxylic acids is 2. The first-order valence-electron chi connectivity index (χ1n) is 7.03. The highest BCUT2D eigenvalue weighted by Crippen LogP contribution is 2.45. The van der Waals surface area contributed by atoms with E-state index in [1.807, 2.05) is 13.8 Å². The van der Waals surface area contributed by atoms with Crippen molar-refractivity contribution in [1.82, 2.24) is 10.2 Å². The number of piperazine rings is 1. The van der Waals surface area contributed by atoms with Gasteiger partial charge in [-0.3, -0.25) is 9.59 Å². The van der Waals surface area contributed by atoms with E-state index in [1.54, 1.807) is 18.9 Å². The third-order valence-electron chi connectivity index (χ3n) is 4.73. The van der Waals surface area contributed by atoms with Gasteiger partial charge in [0.15, 0.2) is 0 Å². The SMILES string of the molecule is CCC1(C)NC(=O)C(C)(C2CC2)N(CCOC)C1=O. The minimum Gasteiger partial charge on any atom is -0.383 e. The predicted octanol–water partition coefficient (Wildman–Crippen LogP) is 0.929. The predicted molar refractivity (Wildman–Crippen MR) is 71.6 cm³/mol. The third kappa shape index (κ3) is 2.14. The molecule has 108 valence electrons. The van der Waals surface area contributed by atoms with Crippen molar-refractivity contribution in [2.24, 2.45) is 5.92 Å². The van der Waals surface area contributed by atoms with Crippen molar-refractivity contribution in [3.8, 4) is 0 Å². The van der Waals surface area contributed by atoms with Crippen molar-refractivity contribution < 1.29 is 14.3 Å². The van der Waals surface area contributed by atoms with Crippen molar-refractivity contribution in [3.63, 3.8) is 0 Å². The Labute approximate surface area is 114 Å². The van der Waals surface area contributed by atoms with Crippen molar-refractivity contribution >= 4 is 11.8 Å². The standard InChI is InChI=1S/C14H24N2O3/c1-5-13(2)12(18)16(8-9-19-4)14(3,10-6-7-10)11(17)15-13/h10H,5-9H2,1-4H3,(H,15,17). The van der Waals surface area contributed by atoms with Gasteiger partial charge >= 0.3 is 0 Å². The lowest BCUT2D eigenvalue weighted by atomic mass is 9.82. The van der Waals surface area contributed by atoms with Gasteiger partial charge in [-0.2, -0.15) is 0 Å². The second-order valence-electron chi connectivity index (χ2n) is 6.01. The normalized spacial score (nSPS) is 35.5. The Morgan fingerprint density at radius 2 is 2.00 bits per heavy atom. The summed E-state index contributed by atoms with van der Waals surface area (Å²) in [6, 6.07) is 0. The molecule has 0 aromatic heterocycles. The second kappa shape index (κ2) is 4.78. The highest BCUT2D eigenvalue weighted by atomic mass is 16.5. The molecule has 5 nitrogen and oxygen atoms in total. The zero-order valence-electron chi connectivity index (χ0n) is 12.3. The number of hydrogen-bond acceptors (Lipinski definition) is 3. The monoisotopic (exact) mass is 268 g/mol. The molecule has 2 fully saturated rings. The summed E-state index contributed by atoms with van der Waals surface area (Å²) in [5, 5.41) is 2.94. The fourth-order valence-electron chi connectivity index (χ4n) is 2.87. The Bertz CT molecular complexity index is 394. The van der Waals surface area contributed by atoms with Crippen LogP contribution in [-0.2, 0) is 14.3 Å². The lowest BCUT2D eigenvalue weighted by Gasteiger charge is -2.50. The number of ether oxygens (including phenoxy) is 1. The molecule has 2 aliphatic rings. The van der Waals surface area contributed by atoms with Gasteiger partial charge in [0.25, 0.3) is 0 Å². The van der Waals surface area contributed by atoms with Crippen LogP contribution in [0, 0.1) is 5.92 Å². The first kappa shape index (κ1) is 14.3. The van der Waals surface area contributed by atoms with E-state index in [2.05, 4.69) is 5.32 Å². The molecular formula is C14H24N2O3. The third-order valence-corrected chi connectivity index (χ3v) is 4.73. The summed E-state index contributed by atoms with van der Waals surface area (Å²) in [6.07, 6.45) is 2.63. The molecule has 0 radical (unpaired) electrons. The lowest BCUT2D eigenvalue weighted by molar-refractivity contribution is -0.164. The zero-order chi connectivity index (χ0) is 14.3. The van der Waals surface area contributed by atoms with Gasteiger partial charge in [0.2, 0.25) is 11.8 Å². The molecule has 2 unspecified atom stereocenters. The van der Waals surface area contributed by atoms with E-state index in [-0.39, 0.29) is 17.7 Å².